The smallest absolute Gasteiger partial charge is 0.276 e. The quantitative estimate of drug-likeness (QED) is 0.334. The molecule has 0 bridgehead atoms. The van der Waals surface area contributed by atoms with Crippen molar-refractivity contribution in [2.45, 2.75) is 37.3 Å². The Labute approximate surface area is 222 Å². The fraction of sp³-hybridized carbons (Fsp3) is 0.391. The van der Waals surface area contributed by atoms with Crippen LogP contribution in [0.2, 0.25) is 5.02 Å². The van der Waals surface area contributed by atoms with E-state index < -0.39 is 65.1 Å². The molecular formula is C23H25Cl2F3N4O4S. The topological polar surface area (TPSA) is 108 Å². The van der Waals surface area contributed by atoms with Gasteiger partial charge in [-0.15, -0.1) is 11.6 Å². The van der Waals surface area contributed by atoms with E-state index in [0.29, 0.717) is 0 Å². The van der Waals surface area contributed by atoms with Crippen LogP contribution in [-0.2, 0) is 19.8 Å². The number of amides is 2. The molecule has 1 aliphatic carbocycles. The van der Waals surface area contributed by atoms with Gasteiger partial charge in [-0.05, 0) is 24.3 Å². The Hall–Kier alpha value is -2.38. The van der Waals surface area contributed by atoms with Crippen molar-refractivity contribution in [2.75, 3.05) is 23.9 Å². The minimum absolute atomic E-state index is 0.00729. The Bertz CT molecular complexity index is 1230. The van der Waals surface area contributed by atoms with E-state index in [1.165, 1.54) is 24.3 Å². The van der Waals surface area contributed by atoms with E-state index in [-0.39, 0.29) is 35.2 Å². The molecule has 0 spiro atoms. The molecule has 202 valence electrons. The highest BCUT2D eigenvalue weighted by atomic mass is 35.5. The molecule has 14 heteroatoms. The maximum absolute atomic E-state index is 14.2. The first-order chi connectivity index (χ1) is 17.4. The Balaban J connectivity index is 1.94. The van der Waals surface area contributed by atoms with Crippen LogP contribution in [0.15, 0.2) is 48.5 Å². The molecule has 1 saturated carbocycles. The van der Waals surface area contributed by atoms with E-state index in [4.69, 9.17) is 23.2 Å². The third-order valence-corrected chi connectivity index (χ3v) is 7.22. The van der Waals surface area contributed by atoms with Crippen LogP contribution in [0.3, 0.4) is 0 Å². The lowest BCUT2D eigenvalue weighted by atomic mass is 9.87. The zero-order valence-electron chi connectivity index (χ0n) is 19.4. The van der Waals surface area contributed by atoms with Gasteiger partial charge in [0.25, 0.3) is 16.1 Å². The highest BCUT2D eigenvalue weighted by Crippen LogP contribution is 2.39. The summed E-state index contributed by atoms with van der Waals surface area (Å²) in [5, 5.41) is 2.63. The maximum atomic E-state index is 14.2. The molecule has 1 atom stereocenters. The van der Waals surface area contributed by atoms with E-state index in [0.717, 1.165) is 17.0 Å². The van der Waals surface area contributed by atoms with Gasteiger partial charge in [-0.2, -0.15) is 8.42 Å². The van der Waals surface area contributed by atoms with E-state index in [1.54, 1.807) is 12.1 Å². The van der Waals surface area contributed by atoms with Crippen molar-refractivity contribution in [3.8, 4) is 0 Å². The van der Waals surface area contributed by atoms with Gasteiger partial charge in [-0.25, -0.2) is 22.6 Å². The first kappa shape index (κ1) is 29.2. The van der Waals surface area contributed by atoms with E-state index in [1.807, 2.05) is 0 Å². The van der Waals surface area contributed by atoms with Crippen molar-refractivity contribution < 1.29 is 31.2 Å². The molecule has 1 aliphatic rings. The minimum Gasteiger partial charge on any atom is -0.351 e. The third-order valence-electron chi connectivity index (χ3n) is 5.52. The van der Waals surface area contributed by atoms with Crippen molar-refractivity contribution in [2.24, 2.45) is 0 Å². The van der Waals surface area contributed by atoms with Gasteiger partial charge >= 0.3 is 0 Å². The highest BCUT2D eigenvalue weighted by Gasteiger charge is 2.47. The van der Waals surface area contributed by atoms with Crippen molar-refractivity contribution in [1.29, 1.82) is 0 Å². The van der Waals surface area contributed by atoms with Crippen LogP contribution < -0.4 is 19.7 Å². The number of halogens is 5. The van der Waals surface area contributed by atoms with Crippen molar-refractivity contribution in [3.63, 3.8) is 0 Å². The zero-order valence-corrected chi connectivity index (χ0v) is 21.7. The molecule has 1 fully saturated rings. The molecule has 2 amide bonds. The van der Waals surface area contributed by atoms with Gasteiger partial charge in [-0.1, -0.05) is 35.9 Å². The molecular weight excluding hydrogens is 556 g/mol. The van der Waals surface area contributed by atoms with Gasteiger partial charge in [0.2, 0.25) is 11.8 Å². The van der Waals surface area contributed by atoms with E-state index in [2.05, 4.69) is 14.8 Å². The average molecular weight is 581 g/mol. The van der Waals surface area contributed by atoms with Crippen LogP contribution in [0.25, 0.3) is 0 Å². The molecule has 37 heavy (non-hydrogen) atoms. The summed E-state index contributed by atoms with van der Waals surface area (Å²) in [7, 11) is -3.94. The molecule has 3 rings (SSSR count). The molecule has 2 aromatic carbocycles. The lowest BCUT2D eigenvalue weighted by Gasteiger charge is -2.38. The molecule has 0 aliphatic heterocycles. The summed E-state index contributed by atoms with van der Waals surface area (Å²) >= 11 is 11.8. The van der Waals surface area contributed by atoms with Gasteiger partial charge < -0.3 is 5.32 Å². The molecule has 8 nitrogen and oxygen atoms in total. The van der Waals surface area contributed by atoms with Gasteiger partial charge in [-0.3, -0.25) is 14.5 Å². The Morgan fingerprint density at radius 1 is 1.08 bits per heavy atom. The Kier molecular flexibility index (Phi) is 9.81. The van der Waals surface area contributed by atoms with E-state index >= 15 is 0 Å². The lowest BCUT2D eigenvalue weighted by molar-refractivity contribution is -0.132. The summed E-state index contributed by atoms with van der Waals surface area (Å²) < 4.78 is 69.3. The van der Waals surface area contributed by atoms with Crippen LogP contribution in [0, 0.1) is 5.82 Å². The summed E-state index contributed by atoms with van der Waals surface area (Å²) in [6.07, 6.45) is -1.54. The fourth-order valence-corrected chi connectivity index (χ4v) is 5.13. The summed E-state index contributed by atoms with van der Waals surface area (Å²) in [5.41, 5.74) is 0.168. The number of carbonyl (C=O) groups is 2. The van der Waals surface area contributed by atoms with Crippen molar-refractivity contribution >= 4 is 50.9 Å². The Morgan fingerprint density at radius 2 is 1.76 bits per heavy atom. The van der Waals surface area contributed by atoms with E-state index in [9.17, 15) is 31.2 Å². The van der Waals surface area contributed by atoms with Gasteiger partial charge in [0.15, 0.2) is 0 Å². The first-order valence-electron chi connectivity index (χ1n) is 11.2. The summed E-state index contributed by atoms with van der Waals surface area (Å²) in [6, 6.07) is 8.76. The summed E-state index contributed by atoms with van der Waals surface area (Å²) in [6.45, 7) is -0.386. The molecule has 0 aromatic heterocycles. The molecule has 3 N–H and O–H groups in total. The highest BCUT2D eigenvalue weighted by molar-refractivity contribution is 7.87. The number of anilines is 1. The predicted octanol–water partition coefficient (Wildman–Crippen LogP) is 3.52. The van der Waals surface area contributed by atoms with Crippen molar-refractivity contribution in [1.82, 2.24) is 14.8 Å². The second-order valence-corrected chi connectivity index (χ2v) is 10.7. The number of hydrogen-bond acceptors (Lipinski definition) is 4. The van der Waals surface area contributed by atoms with Crippen molar-refractivity contribution in [3.05, 3.63) is 64.9 Å². The van der Waals surface area contributed by atoms with Crippen LogP contribution >= 0.6 is 23.2 Å². The summed E-state index contributed by atoms with van der Waals surface area (Å²) in [5.74, 6) is -5.10. The number of nitrogens with one attached hydrogen (secondary N) is 3. The van der Waals surface area contributed by atoms with Gasteiger partial charge in [0.05, 0.1) is 0 Å². The number of carbonyl (C=O) groups excluding carboxylic acids is 2. The SMILES string of the molecule is O=C(NC1CC(F)(F)C1)C(c1ccccc1Cl)N(C(=O)CCNS(=O)(=O)NCCCl)c1cccc(F)c1. The maximum Gasteiger partial charge on any atom is 0.276 e. The second kappa shape index (κ2) is 12.4. The number of hydrogen-bond donors (Lipinski definition) is 3. The van der Waals surface area contributed by atoms with Gasteiger partial charge in [0.1, 0.15) is 11.9 Å². The molecule has 0 heterocycles. The predicted molar refractivity (Wildman–Crippen MR) is 134 cm³/mol. The van der Waals surface area contributed by atoms with Crippen LogP contribution in [0.1, 0.15) is 30.9 Å². The molecule has 0 radical (unpaired) electrons. The second-order valence-electron chi connectivity index (χ2n) is 8.37. The third kappa shape index (κ3) is 8.05. The lowest BCUT2D eigenvalue weighted by Crippen LogP contribution is -2.54. The minimum atomic E-state index is -3.94. The normalized spacial score (nSPS) is 16.0. The molecule has 2 aromatic rings. The summed E-state index contributed by atoms with van der Waals surface area (Å²) in [4.78, 5) is 27.9. The van der Waals surface area contributed by atoms with Crippen LogP contribution in [0.5, 0.6) is 0 Å². The number of alkyl halides is 3. The van der Waals surface area contributed by atoms with Gasteiger partial charge in [0, 0.05) is 60.5 Å². The number of benzene rings is 2. The largest absolute Gasteiger partial charge is 0.351 e. The number of nitrogens with zero attached hydrogens (tertiary/aromatic N) is 1. The molecule has 1 unspecified atom stereocenters. The monoisotopic (exact) mass is 580 g/mol. The first-order valence-corrected chi connectivity index (χ1v) is 13.6. The fourth-order valence-electron chi connectivity index (χ4n) is 3.84. The number of rotatable bonds is 12. The standard InChI is InChI=1S/C23H25Cl2F3N4O4S/c24-9-11-30-37(35,36)29-10-8-20(33)32(17-5-3-4-15(26)12-17)21(18-6-1-2-7-19(18)25)22(34)31-16-13-23(27,28)14-16/h1-7,12,16,21,29-30H,8-11,13-14H2,(H,31,34). The Morgan fingerprint density at radius 3 is 2.38 bits per heavy atom. The van der Waals surface area contributed by atoms with Crippen LogP contribution in [-0.4, -0.2) is 51.2 Å². The zero-order chi connectivity index (χ0) is 27.2. The molecule has 0 saturated heterocycles. The van der Waals surface area contributed by atoms with Crippen LogP contribution in [0.4, 0.5) is 18.9 Å². The average Bonchev–Trinajstić information content (AvgIpc) is 2.80.